The number of hydrogen-bond acceptors (Lipinski definition) is 4. The first-order valence-electron chi connectivity index (χ1n) is 8.49. The topological polar surface area (TPSA) is 58.1 Å². The maximum absolute atomic E-state index is 12.6. The fourth-order valence-electron chi connectivity index (χ4n) is 2.83. The van der Waals surface area contributed by atoms with Crippen LogP contribution in [0.3, 0.4) is 0 Å². The smallest absolute Gasteiger partial charge is 0.339 e. The summed E-state index contributed by atoms with van der Waals surface area (Å²) < 4.78 is 37.7. The second-order valence-corrected chi connectivity index (χ2v) is 6.19. The number of halogens is 3. The van der Waals surface area contributed by atoms with E-state index < -0.39 is 11.7 Å². The molecule has 1 aliphatic heterocycles. The summed E-state index contributed by atoms with van der Waals surface area (Å²) in [5, 5.41) is 2.87. The van der Waals surface area contributed by atoms with Crippen LogP contribution < -0.4 is 5.32 Å². The Morgan fingerprint density at radius 3 is 2.15 bits per heavy atom. The number of hydrogen-bond donors (Lipinski definition) is 1. The number of aromatic nitrogens is 2. The van der Waals surface area contributed by atoms with Gasteiger partial charge in [-0.15, -0.1) is 0 Å². The van der Waals surface area contributed by atoms with Crippen LogP contribution in [-0.2, 0) is 6.18 Å². The van der Waals surface area contributed by atoms with Crippen LogP contribution in [0.15, 0.2) is 36.7 Å². The number of anilines is 2. The summed E-state index contributed by atoms with van der Waals surface area (Å²) in [7, 11) is 0. The molecule has 0 aliphatic carbocycles. The van der Waals surface area contributed by atoms with Crippen LogP contribution >= 0.6 is 0 Å². The second kappa shape index (κ2) is 7.72. The van der Waals surface area contributed by atoms with Gasteiger partial charge < -0.3 is 10.2 Å². The fraction of sp³-hybridized carbons (Fsp3) is 0.389. The van der Waals surface area contributed by atoms with E-state index in [-0.39, 0.29) is 11.6 Å². The van der Waals surface area contributed by atoms with Gasteiger partial charge in [-0.3, -0.25) is 4.79 Å². The molecule has 0 unspecified atom stereocenters. The molecular formula is C18H19F3N4O. The lowest BCUT2D eigenvalue weighted by Crippen LogP contribution is -2.32. The van der Waals surface area contributed by atoms with E-state index in [1.807, 2.05) is 0 Å². The van der Waals surface area contributed by atoms with Crippen LogP contribution in [0, 0.1) is 0 Å². The Kier molecular flexibility index (Phi) is 5.39. The minimum Gasteiger partial charge on any atom is -0.339 e. The molecule has 1 aromatic carbocycles. The Bertz CT molecular complexity index is 737. The van der Waals surface area contributed by atoms with Crippen LogP contribution in [0.25, 0.3) is 0 Å². The molecule has 138 valence electrons. The third-order valence-electron chi connectivity index (χ3n) is 4.25. The highest BCUT2D eigenvalue weighted by Crippen LogP contribution is 2.30. The summed E-state index contributed by atoms with van der Waals surface area (Å²) in [4.78, 5) is 22.5. The van der Waals surface area contributed by atoms with Crippen LogP contribution in [0.1, 0.15) is 41.7 Å². The third kappa shape index (κ3) is 4.50. The van der Waals surface area contributed by atoms with Gasteiger partial charge in [0, 0.05) is 18.8 Å². The number of carbonyl (C=O) groups is 1. The van der Waals surface area contributed by atoms with E-state index >= 15 is 0 Å². The molecule has 0 spiro atoms. The molecule has 2 aromatic rings. The summed E-state index contributed by atoms with van der Waals surface area (Å²) in [5.74, 6) is 0.220. The SMILES string of the molecule is O=C(c1cnc(Nc2ccc(C(F)(F)F)cc2)cn1)N1CCCCCC1. The minimum absolute atomic E-state index is 0.138. The van der Waals surface area contributed by atoms with E-state index in [2.05, 4.69) is 15.3 Å². The van der Waals surface area contributed by atoms with Gasteiger partial charge in [0.05, 0.1) is 18.0 Å². The third-order valence-corrected chi connectivity index (χ3v) is 4.25. The number of benzene rings is 1. The molecule has 2 heterocycles. The molecule has 1 saturated heterocycles. The highest BCUT2D eigenvalue weighted by molar-refractivity contribution is 5.92. The van der Waals surface area contributed by atoms with Crippen molar-refractivity contribution >= 4 is 17.4 Å². The first kappa shape index (κ1) is 18.2. The number of likely N-dealkylation sites (tertiary alicyclic amines) is 1. The Balaban J connectivity index is 1.65. The Hall–Kier alpha value is -2.64. The molecular weight excluding hydrogens is 345 g/mol. The summed E-state index contributed by atoms with van der Waals surface area (Å²) in [6.45, 7) is 1.46. The lowest BCUT2D eigenvalue weighted by atomic mass is 10.2. The normalized spacial score (nSPS) is 15.4. The van der Waals surface area contributed by atoms with Gasteiger partial charge in [0.1, 0.15) is 11.5 Å². The van der Waals surface area contributed by atoms with Crippen molar-refractivity contribution in [2.75, 3.05) is 18.4 Å². The van der Waals surface area contributed by atoms with Gasteiger partial charge >= 0.3 is 6.18 Å². The van der Waals surface area contributed by atoms with E-state index in [4.69, 9.17) is 0 Å². The Morgan fingerprint density at radius 2 is 1.62 bits per heavy atom. The molecule has 3 rings (SSSR count). The number of alkyl halides is 3. The lowest BCUT2D eigenvalue weighted by molar-refractivity contribution is -0.137. The molecule has 0 saturated carbocycles. The molecule has 1 aliphatic rings. The zero-order valence-electron chi connectivity index (χ0n) is 14.1. The van der Waals surface area contributed by atoms with E-state index in [0.29, 0.717) is 11.5 Å². The average Bonchev–Trinajstić information content (AvgIpc) is 2.91. The van der Waals surface area contributed by atoms with Crippen molar-refractivity contribution in [1.82, 2.24) is 14.9 Å². The summed E-state index contributed by atoms with van der Waals surface area (Å²) in [5.41, 5.74) is 0.0105. The van der Waals surface area contributed by atoms with Crippen molar-refractivity contribution < 1.29 is 18.0 Å². The van der Waals surface area contributed by atoms with E-state index in [0.717, 1.165) is 50.9 Å². The number of amides is 1. The van der Waals surface area contributed by atoms with E-state index in [1.54, 1.807) is 4.90 Å². The van der Waals surface area contributed by atoms with Crippen LogP contribution in [0.2, 0.25) is 0 Å². The monoisotopic (exact) mass is 364 g/mol. The number of nitrogens with zero attached hydrogens (tertiary/aromatic N) is 3. The van der Waals surface area contributed by atoms with Gasteiger partial charge in [0.2, 0.25) is 0 Å². The maximum atomic E-state index is 12.6. The molecule has 5 nitrogen and oxygen atoms in total. The molecule has 0 atom stereocenters. The van der Waals surface area contributed by atoms with Crippen molar-refractivity contribution in [1.29, 1.82) is 0 Å². The first-order chi connectivity index (χ1) is 12.4. The molecule has 1 aromatic heterocycles. The standard InChI is InChI=1S/C18H19F3N4O/c19-18(20,21)13-5-7-14(8-6-13)24-16-12-22-15(11-23-16)17(26)25-9-3-1-2-4-10-25/h5-8,11-12H,1-4,9-10H2,(H,23,24). The number of carbonyl (C=O) groups excluding carboxylic acids is 1. The Labute approximate surface area is 149 Å². The van der Waals surface area contributed by atoms with Crippen LogP contribution in [0.4, 0.5) is 24.7 Å². The van der Waals surface area contributed by atoms with Gasteiger partial charge in [0.25, 0.3) is 5.91 Å². The predicted octanol–water partition coefficient (Wildman–Crippen LogP) is 4.26. The zero-order valence-corrected chi connectivity index (χ0v) is 14.1. The van der Waals surface area contributed by atoms with Gasteiger partial charge in [-0.2, -0.15) is 13.2 Å². The largest absolute Gasteiger partial charge is 0.416 e. The summed E-state index contributed by atoms with van der Waals surface area (Å²) >= 11 is 0. The fourth-order valence-corrected chi connectivity index (χ4v) is 2.83. The van der Waals surface area contributed by atoms with Gasteiger partial charge in [-0.05, 0) is 37.1 Å². The van der Waals surface area contributed by atoms with Crippen molar-refractivity contribution in [2.45, 2.75) is 31.9 Å². The molecule has 26 heavy (non-hydrogen) atoms. The molecule has 0 bridgehead atoms. The lowest BCUT2D eigenvalue weighted by Gasteiger charge is -2.19. The van der Waals surface area contributed by atoms with Gasteiger partial charge in [-0.25, -0.2) is 9.97 Å². The summed E-state index contributed by atoms with van der Waals surface area (Å²) in [6, 6.07) is 4.63. The van der Waals surface area contributed by atoms with E-state index in [9.17, 15) is 18.0 Å². The number of nitrogens with one attached hydrogen (secondary N) is 1. The highest BCUT2D eigenvalue weighted by atomic mass is 19.4. The quantitative estimate of drug-likeness (QED) is 0.884. The molecule has 8 heteroatoms. The van der Waals surface area contributed by atoms with Crippen LogP contribution in [0.5, 0.6) is 0 Å². The van der Waals surface area contributed by atoms with Gasteiger partial charge in [0.15, 0.2) is 0 Å². The molecule has 0 radical (unpaired) electrons. The Morgan fingerprint density at radius 1 is 0.962 bits per heavy atom. The minimum atomic E-state index is -4.37. The summed E-state index contributed by atoms with van der Waals surface area (Å²) in [6.07, 6.45) is 2.67. The highest BCUT2D eigenvalue weighted by Gasteiger charge is 2.29. The van der Waals surface area contributed by atoms with Crippen molar-refractivity contribution in [3.63, 3.8) is 0 Å². The average molecular weight is 364 g/mol. The van der Waals surface area contributed by atoms with E-state index in [1.165, 1.54) is 24.5 Å². The number of rotatable bonds is 3. The molecule has 1 amide bonds. The van der Waals surface area contributed by atoms with Crippen molar-refractivity contribution in [2.24, 2.45) is 0 Å². The van der Waals surface area contributed by atoms with Crippen molar-refractivity contribution in [3.05, 3.63) is 47.9 Å². The predicted molar refractivity (Wildman–Crippen MR) is 91.1 cm³/mol. The second-order valence-electron chi connectivity index (χ2n) is 6.19. The van der Waals surface area contributed by atoms with Gasteiger partial charge in [-0.1, -0.05) is 12.8 Å². The van der Waals surface area contributed by atoms with Crippen molar-refractivity contribution in [3.8, 4) is 0 Å². The van der Waals surface area contributed by atoms with Crippen LogP contribution in [-0.4, -0.2) is 33.9 Å². The molecule has 1 fully saturated rings. The first-order valence-corrected chi connectivity index (χ1v) is 8.49. The maximum Gasteiger partial charge on any atom is 0.416 e. The zero-order chi connectivity index (χ0) is 18.6. The molecule has 1 N–H and O–H groups in total.